The summed E-state index contributed by atoms with van der Waals surface area (Å²) in [6, 6.07) is 8.64. The van der Waals surface area contributed by atoms with E-state index in [0.717, 1.165) is 0 Å². The average molecular weight is 447 g/mol. The minimum atomic E-state index is -1.15. The maximum atomic E-state index is 12.9. The predicted octanol–water partition coefficient (Wildman–Crippen LogP) is 5.14. The Morgan fingerprint density at radius 2 is 1.59 bits per heavy atom. The second-order valence-corrected chi connectivity index (χ2v) is 8.20. The Balaban J connectivity index is 1.80. The Labute approximate surface area is 176 Å². The molecule has 1 fully saturated rings. The van der Waals surface area contributed by atoms with Crippen LogP contribution in [0.15, 0.2) is 36.4 Å². The van der Waals surface area contributed by atoms with Gasteiger partial charge in [-0.25, -0.2) is 4.79 Å². The normalized spacial score (nSPS) is 15.9. The van der Waals surface area contributed by atoms with Crippen molar-refractivity contribution >= 4 is 58.3 Å². The molecule has 3 rings (SSSR count). The SMILES string of the molecule is O=C(O)C(Cc1ccc(Cl)cc1Cl)NC(=O)C1(c2ccc(Cl)cc2Cl)CC1. The summed E-state index contributed by atoms with van der Waals surface area (Å²) in [6.07, 6.45) is 1.23. The predicted molar refractivity (Wildman–Crippen MR) is 107 cm³/mol. The molecule has 1 aliphatic carbocycles. The number of carbonyl (C=O) groups excluding carboxylic acids is 1. The van der Waals surface area contributed by atoms with E-state index in [1.807, 2.05) is 0 Å². The molecule has 0 bridgehead atoms. The molecule has 142 valence electrons. The maximum Gasteiger partial charge on any atom is 0.326 e. The van der Waals surface area contributed by atoms with Crippen LogP contribution in [0.2, 0.25) is 20.1 Å². The highest BCUT2D eigenvalue weighted by atomic mass is 35.5. The number of halogens is 4. The molecule has 0 aliphatic heterocycles. The molecule has 1 atom stereocenters. The van der Waals surface area contributed by atoms with Crippen molar-refractivity contribution in [1.29, 1.82) is 0 Å². The minimum absolute atomic E-state index is 0.0432. The number of benzene rings is 2. The van der Waals surface area contributed by atoms with Gasteiger partial charge in [0.15, 0.2) is 0 Å². The van der Waals surface area contributed by atoms with Crippen LogP contribution in [0.4, 0.5) is 0 Å². The lowest BCUT2D eigenvalue weighted by Crippen LogP contribution is -2.46. The molecule has 1 amide bonds. The van der Waals surface area contributed by atoms with Crippen molar-refractivity contribution in [3.8, 4) is 0 Å². The fourth-order valence-electron chi connectivity index (χ4n) is 3.02. The minimum Gasteiger partial charge on any atom is -0.480 e. The van der Waals surface area contributed by atoms with Crippen LogP contribution in [0.3, 0.4) is 0 Å². The summed E-state index contributed by atoms with van der Waals surface area (Å²) in [5.41, 5.74) is 0.418. The number of aliphatic carboxylic acids is 1. The maximum absolute atomic E-state index is 12.9. The van der Waals surface area contributed by atoms with Gasteiger partial charge in [-0.3, -0.25) is 4.79 Å². The quantitative estimate of drug-likeness (QED) is 0.645. The summed E-state index contributed by atoms with van der Waals surface area (Å²) in [5.74, 6) is -1.52. The third kappa shape index (κ3) is 4.35. The van der Waals surface area contributed by atoms with Crippen molar-refractivity contribution in [3.63, 3.8) is 0 Å². The van der Waals surface area contributed by atoms with E-state index in [4.69, 9.17) is 46.4 Å². The van der Waals surface area contributed by atoms with Crippen LogP contribution >= 0.6 is 46.4 Å². The number of carboxylic acids is 1. The Kier molecular flexibility index (Phi) is 5.92. The Bertz CT molecular complexity index is 912. The number of hydrogen-bond acceptors (Lipinski definition) is 2. The van der Waals surface area contributed by atoms with Crippen LogP contribution < -0.4 is 5.32 Å². The lowest BCUT2D eigenvalue weighted by atomic mass is 9.94. The van der Waals surface area contributed by atoms with Crippen LogP contribution in [-0.4, -0.2) is 23.0 Å². The zero-order valence-corrected chi connectivity index (χ0v) is 17.0. The van der Waals surface area contributed by atoms with E-state index in [0.29, 0.717) is 44.1 Å². The van der Waals surface area contributed by atoms with Gasteiger partial charge in [0, 0.05) is 26.5 Å². The van der Waals surface area contributed by atoms with Crippen molar-refractivity contribution in [3.05, 3.63) is 67.6 Å². The van der Waals surface area contributed by atoms with Gasteiger partial charge in [-0.1, -0.05) is 58.5 Å². The number of rotatable bonds is 6. The van der Waals surface area contributed by atoms with Crippen LogP contribution in [0.1, 0.15) is 24.0 Å². The molecule has 8 heteroatoms. The molecule has 0 aromatic heterocycles. The third-order valence-electron chi connectivity index (χ3n) is 4.67. The van der Waals surface area contributed by atoms with Gasteiger partial charge in [0.05, 0.1) is 5.41 Å². The van der Waals surface area contributed by atoms with Crippen LogP contribution in [-0.2, 0) is 21.4 Å². The van der Waals surface area contributed by atoms with Gasteiger partial charge in [0.1, 0.15) is 6.04 Å². The summed E-state index contributed by atoms with van der Waals surface area (Å²) in [4.78, 5) is 24.6. The third-order valence-corrected chi connectivity index (χ3v) is 5.81. The Hall–Kier alpha value is -1.46. The molecule has 1 aliphatic rings. The number of nitrogens with one attached hydrogen (secondary N) is 1. The van der Waals surface area contributed by atoms with Gasteiger partial charge in [-0.05, 0) is 48.2 Å². The van der Waals surface area contributed by atoms with Crippen molar-refractivity contribution in [2.45, 2.75) is 30.7 Å². The van der Waals surface area contributed by atoms with E-state index in [1.54, 1.807) is 30.3 Å². The lowest BCUT2D eigenvalue weighted by molar-refractivity contribution is -0.142. The number of carboxylic acid groups (broad SMARTS) is 1. The molecular weight excluding hydrogens is 432 g/mol. The molecular formula is C19H15Cl4NO3. The molecule has 0 radical (unpaired) electrons. The molecule has 1 saturated carbocycles. The first-order valence-corrected chi connectivity index (χ1v) is 9.67. The first-order valence-electron chi connectivity index (χ1n) is 8.16. The van der Waals surface area contributed by atoms with E-state index in [-0.39, 0.29) is 12.3 Å². The smallest absolute Gasteiger partial charge is 0.326 e. The molecule has 2 N–H and O–H groups in total. The highest BCUT2D eigenvalue weighted by molar-refractivity contribution is 6.35. The highest BCUT2D eigenvalue weighted by Gasteiger charge is 2.53. The van der Waals surface area contributed by atoms with E-state index >= 15 is 0 Å². The van der Waals surface area contributed by atoms with Gasteiger partial charge in [0.2, 0.25) is 5.91 Å². The molecule has 4 nitrogen and oxygen atoms in total. The molecule has 0 heterocycles. The Morgan fingerprint density at radius 3 is 2.11 bits per heavy atom. The topological polar surface area (TPSA) is 66.4 Å². The second kappa shape index (κ2) is 7.88. The zero-order valence-electron chi connectivity index (χ0n) is 13.9. The van der Waals surface area contributed by atoms with Crippen LogP contribution in [0, 0.1) is 0 Å². The van der Waals surface area contributed by atoms with Crippen LogP contribution in [0.5, 0.6) is 0 Å². The van der Waals surface area contributed by atoms with Gasteiger partial charge < -0.3 is 10.4 Å². The van der Waals surface area contributed by atoms with E-state index < -0.39 is 17.4 Å². The van der Waals surface area contributed by atoms with Gasteiger partial charge in [-0.2, -0.15) is 0 Å². The average Bonchev–Trinajstić information content (AvgIpc) is 3.37. The zero-order chi connectivity index (χ0) is 19.8. The van der Waals surface area contributed by atoms with E-state index in [2.05, 4.69) is 5.32 Å². The van der Waals surface area contributed by atoms with Crippen molar-refractivity contribution < 1.29 is 14.7 Å². The standard InChI is InChI=1S/C19H15Cl4NO3/c20-11-2-1-10(14(22)8-11)7-16(17(25)26)24-18(27)19(5-6-19)13-4-3-12(21)9-15(13)23/h1-4,8-9,16H,5-7H2,(H,24,27)(H,25,26). The van der Waals surface area contributed by atoms with Gasteiger partial charge >= 0.3 is 5.97 Å². The second-order valence-electron chi connectivity index (χ2n) is 6.51. The Morgan fingerprint density at radius 1 is 1.00 bits per heavy atom. The van der Waals surface area contributed by atoms with Crippen molar-refractivity contribution in [2.75, 3.05) is 0 Å². The first-order chi connectivity index (χ1) is 12.7. The number of amides is 1. The summed E-state index contributed by atoms with van der Waals surface area (Å²) >= 11 is 24.2. The first kappa shape index (κ1) is 20.3. The van der Waals surface area contributed by atoms with Gasteiger partial charge in [0.25, 0.3) is 0 Å². The molecule has 27 heavy (non-hydrogen) atoms. The van der Waals surface area contributed by atoms with Crippen LogP contribution in [0.25, 0.3) is 0 Å². The highest BCUT2D eigenvalue weighted by Crippen LogP contribution is 2.51. The summed E-state index contributed by atoms with van der Waals surface area (Å²) in [6.45, 7) is 0. The molecule has 0 spiro atoms. The van der Waals surface area contributed by atoms with Crippen molar-refractivity contribution in [1.82, 2.24) is 5.32 Å². The molecule has 2 aromatic rings. The van der Waals surface area contributed by atoms with Gasteiger partial charge in [-0.15, -0.1) is 0 Å². The summed E-state index contributed by atoms with van der Waals surface area (Å²) in [7, 11) is 0. The van der Waals surface area contributed by atoms with Crippen molar-refractivity contribution in [2.24, 2.45) is 0 Å². The fourth-order valence-corrected chi connectivity index (χ4v) is 4.10. The number of hydrogen-bond donors (Lipinski definition) is 2. The molecule has 1 unspecified atom stereocenters. The molecule has 0 saturated heterocycles. The monoisotopic (exact) mass is 445 g/mol. The summed E-state index contributed by atoms with van der Waals surface area (Å²) in [5, 5.41) is 13.8. The largest absolute Gasteiger partial charge is 0.480 e. The van der Waals surface area contributed by atoms with E-state index in [9.17, 15) is 14.7 Å². The fraction of sp³-hybridized carbons (Fsp3) is 0.263. The molecule has 2 aromatic carbocycles. The number of carbonyl (C=O) groups is 2. The van der Waals surface area contributed by atoms with E-state index in [1.165, 1.54) is 6.07 Å². The lowest BCUT2D eigenvalue weighted by Gasteiger charge is -2.21. The summed E-state index contributed by atoms with van der Waals surface area (Å²) < 4.78 is 0.